The van der Waals surface area contributed by atoms with E-state index in [9.17, 15) is 0 Å². The van der Waals surface area contributed by atoms with E-state index in [4.69, 9.17) is 11.6 Å². The summed E-state index contributed by atoms with van der Waals surface area (Å²) in [6.45, 7) is 4.95. The van der Waals surface area contributed by atoms with Gasteiger partial charge in [0.25, 0.3) is 0 Å². The summed E-state index contributed by atoms with van der Waals surface area (Å²) in [5, 5.41) is 3.94. The molecule has 21 heavy (non-hydrogen) atoms. The summed E-state index contributed by atoms with van der Waals surface area (Å²) < 4.78 is 0. The second-order valence-corrected chi connectivity index (χ2v) is 5.53. The van der Waals surface area contributed by atoms with E-state index in [1.165, 1.54) is 5.56 Å². The highest BCUT2D eigenvalue weighted by Gasteiger charge is 2.08. The fraction of sp³-hybridized carbons (Fsp3) is 0.412. The molecule has 4 heteroatoms. The van der Waals surface area contributed by atoms with Crippen LogP contribution in [0, 0.1) is 6.92 Å². The van der Waals surface area contributed by atoms with Crippen molar-refractivity contribution in [3.05, 3.63) is 52.4 Å². The molecule has 2 aromatic rings. The molecule has 0 fully saturated rings. The number of aryl methyl sites for hydroxylation is 2. The largest absolute Gasteiger partial charge is 0.370 e. The minimum Gasteiger partial charge on any atom is -0.370 e. The molecule has 0 aliphatic heterocycles. The normalized spacial score (nSPS) is 10.6. The third-order valence-corrected chi connectivity index (χ3v) is 3.75. The zero-order valence-electron chi connectivity index (χ0n) is 12.7. The standard InChI is InChI=1S/C17H22ClN3/c1-3-8-15-20-16(18)13(2)17(21-15)19-12-7-11-14-9-5-4-6-10-14/h4-6,9-10H,3,7-8,11-12H2,1-2H3,(H,19,20,21). The van der Waals surface area contributed by atoms with Gasteiger partial charge in [-0.25, -0.2) is 9.97 Å². The Kier molecular flexibility index (Phi) is 6.00. The van der Waals surface area contributed by atoms with Crippen molar-refractivity contribution in [1.29, 1.82) is 0 Å². The van der Waals surface area contributed by atoms with Gasteiger partial charge in [0.1, 0.15) is 16.8 Å². The van der Waals surface area contributed by atoms with Crippen LogP contribution in [0.4, 0.5) is 5.82 Å². The maximum absolute atomic E-state index is 6.17. The van der Waals surface area contributed by atoms with Gasteiger partial charge in [0, 0.05) is 18.5 Å². The smallest absolute Gasteiger partial charge is 0.137 e. The predicted molar refractivity (Wildman–Crippen MR) is 89.0 cm³/mol. The first-order valence-electron chi connectivity index (χ1n) is 7.51. The van der Waals surface area contributed by atoms with Gasteiger partial charge in [0.15, 0.2) is 0 Å². The van der Waals surface area contributed by atoms with Crippen LogP contribution in [0.5, 0.6) is 0 Å². The van der Waals surface area contributed by atoms with Crippen molar-refractivity contribution >= 4 is 17.4 Å². The zero-order valence-corrected chi connectivity index (χ0v) is 13.5. The average Bonchev–Trinajstić information content (AvgIpc) is 2.49. The molecule has 0 saturated carbocycles. The summed E-state index contributed by atoms with van der Waals surface area (Å²) in [6, 6.07) is 10.5. The molecule has 1 aromatic heterocycles. The van der Waals surface area contributed by atoms with Crippen molar-refractivity contribution in [1.82, 2.24) is 9.97 Å². The van der Waals surface area contributed by atoms with Crippen molar-refractivity contribution in [2.45, 2.75) is 39.5 Å². The summed E-state index contributed by atoms with van der Waals surface area (Å²) >= 11 is 6.17. The Balaban J connectivity index is 1.90. The van der Waals surface area contributed by atoms with Crippen LogP contribution in [-0.4, -0.2) is 16.5 Å². The van der Waals surface area contributed by atoms with Gasteiger partial charge < -0.3 is 5.32 Å². The van der Waals surface area contributed by atoms with Crippen LogP contribution in [0.1, 0.15) is 36.7 Å². The lowest BCUT2D eigenvalue weighted by molar-refractivity contribution is 0.819. The molecule has 0 aliphatic rings. The number of aromatic nitrogens is 2. The number of nitrogens with zero attached hydrogens (tertiary/aromatic N) is 2. The number of benzene rings is 1. The van der Waals surface area contributed by atoms with Gasteiger partial charge in [-0.2, -0.15) is 0 Å². The summed E-state index contributed by atoms with van der Waals surface area (Å²) in [6.07, 6.45) is 4.01. The van der Waals surface area contributed by atoms with Crippen molar-refractivity contribution in [2.75, 3.05) is 11.9 Å². The van der Waals surface area contributed by atoms with Crippen molar-refractivity contribution in [2.24, 2.45) is 0 Å². The minimum atomic E-state index is 0.555. The molecule has 3 nitrogen and oxygen atoms in total. The van der Waals surface area contributed by atoms with Crippen LogP contribution in [0.3, 0.4) is 0 Å². The van der Waals surface area contributed by atoms with Crippen LogP contribution in [-0.2, 0) is 12.8 Å². The number of hydrogen-bond acceptors (Lipinski definition) is 3. The molecule has 0 spiro atoms. The number of halogens is 1. The summed E-state index contributed by atoms with van der Waals surface area (Å²) in [5.41, 5.74) is 2.29. The highest BCUT2D eigenvalue weighted by Crippen LogP contribution is 2.20. The van der Waals surface area contributed by atoms with Crippen molar-refractivity contribution < 1.29 is 0 Å². The van der Waals surface area contributed by atoms with E-state index in [0.29, 0.717) is 5.15 Å². The van der Waals surface area contributed by atoms with E-state index in [-0.39, 0.29) is 0 Å². The van der Waals surface area contributed by atoms with Gasteiger partial charge in [-0.3, -0.25) is 0 Å². The minimum absolute atomic E-state index is 0.555. The highest BCUT2D eigenvalue weighted by atomic mass is 35.5. The van der Waals surface area contributed by atoms with Gasteiger partial charge in [0.2, 0.25) is 0 Å². The predicted octanol–water partition coefficient (Wildman–Crippen LogP) is 4.44. The van der Waals surface area contributed by atoms with E-state index >= 15 is 0 Å². The molecular formula is C17H22ClN3. The van der Waals surface area contributed by atoms with Gasteiger partial charge in [-0.1, -0.05) is 48.9 Å². The Bertz CT molecular complexity index is 570. The lowest BCUT2D eigenvalue weighted by Crippen LogP contribution is -2.09. The van der Waals surface area contributed by atoms with Crippen LogP contribution < -0.4 is 5.32 Å². The van der Waals surface area contributed by atoms with Crippen LogP contribution in [0.25, 0.3) is 0 Å². The lowest BCUT2D eigenvalue weighted by atomic mass is 10.1. The lowest BCUT2D eigenvalue weighted by Gasteiger charge is -2.11. The second-order valence-electron chi connectivity index (χ2n) is 5.17. The van der Waals surface area contributed by atoms with Crippen molar-refractivity contribution in [3.8, 4) is 0 Å². The Morgan fingerprint density at radius 1 is 1.10 bits per heavy atom. The summed E-state index contributed by atoms with van der Waals surface area (Å²) in [5.74, 6) is 1.69. The SMILES string of the molecule is CCCc1nc(Cl)c(C)c(NCCCc2ccccc2)n1. The molecule has 1 aromatic carbocycles. The molecule has 2 rings (SSSR count). The third-order valence-electron chi connectivity index (χ3n) is 3.38. The number of rotatable bonds is 7. The fourth-order valence-corrected chi connectivity index (χ4v) is 2.37. The first-order chi connectivity index (χ1) is 10.2. The number of nitrogens with one attached hydrogen (secondary N) is 1. The first-order valence-corrected chi connectivity index (χ1v) is 7.89. The summed E-state index contributed by atoms with van der Waals surface area (Å²) in [7, 11) is 0. The summed E-state index contributed by atoms with van der Waals surface area (Å²) in [4.78, 5) is 8.87. The maximum atomic E-state index is 6.17. The van der Waals surface area contributed by atoms with Gasteiger partial charge >= 0.3 is 0 Å². The molecule has 0 unspecified atom stereocenters. The molecule has 0 saturated heterocycles. The Hall–Kier alpha value is -1.61. The van der Waals surface area contributed by atoms with E-state index in [0.717, 1.165) is 49.4 Å². The topological polar surface area (TPSA) is 37.8 Å². The van der Waals surface area contributed by atoms with Crippen LogP contribution in [0.2, 0.25) is 5.15 Å². The monoisotopic (exact) mass is 303 g/mol. The van der Waals surface area contributed by atoms with E-state index in [2.05, 4.69) is 46.5 Å². The zero-order chi connectivity index (χ0) is 15.1. The van der Waals surface area contributed by atoms with Crippen LogP contribution >= 0.6 is 11.6 Å². The molecule has 0 aliphatic carbocycles. The Morgan fingerprint density at radius 2 is 1.86 bits per heavy atom. The Labute approximate surface area is 131 Å². The molecule has 0 bridgehead atoms. The molecule has 1 heterocycles. The van der Waals surface area contributed by atoms with Crippen LogP contribution in [0.15, 0.2) is 30.3 Å². The molecule has 0 amide bonds. The third kappa shape index (κ3) is 4.71. The fourth-order valence-electron chi connectivity index (χ4n) is 2.18. The van der Waals surface area contributed by atoms with Gasteiger partial charge in [-0.05, 0) is 31.7 Å². The van der Waals surface area contributed by atoms with Gasteiger partial charge in [-0.15, -0.1) is 0 Å². The molecular weight excluding hydrogens is 282 g/mol. The van der Waals surface area contributed by atoms with E-state index < -0.39 is 0 Å². The first kappa shape index (κ1) is 15.8. The number of anilines is 1. The van der Waals surface area contributed by atoms with E-state index in [1.807, 2.05) is 13.0 Å². The quantitative estimate of drug-likeness (QED) is 0.607. The molecule has 112 valence electrons. The number of hydrogen-bond donors (Lipinski definition) is 1. The maximum Gasteiger partial charge on any atom is 0.137 e. The molecule has 0 radical (unpaired) electrons. The van der Waals surface area contributed by atoms with E-state index in [1.54, 1.807) is 0 Å². The van der Waals surface area contributed by atoms with Crippen molar-refractivity contribution in [3.63, 3.8) is 0 Å². The average molecular weight is 304 g/mol. The highest BCUT2D eigenvalue weighted by molar-refractivity contribution is 6.30. The molecule has 1 N–H and O–H groups in total. The Morgan fingerprint density at radius 3 is 2.57 bits per heavy atom. The second kappa shape index (κ2) is 7.99. The molecule has 0 atom stereocenters. The van der Waals surface area contributed by atoms with Gasteiger partial charge in [0.05, 0.1) is 0 Å².